The van der Waals surface area contributed by atoms with Crippen molar-refractivity contribution in [2.45, 2.75) is 31.3 Å². The Morgan fingerprint density at radius 3 is 2.59 bits per heavy atom. The van der Waals surface area contributed by atoms with E-state index in [9.17, 15) is 18.0 Å². The minimum absolute atomic E-state index is 0.0409. The highest BCUT2D eigenvalue weighted by molar-refractivity contribution is 7.91. The molecule has 2 aromatic carbocycles. The van der Waals surface area contributed by atoms with Crippen LogP contribution in [-0.2, 0) is 27.7 Å². The number of hydrogen-bond donors (Lipinski definition) is 2. The highest BCUT2D eigenvalue weighted by Crippen LogP contribution is 2.21. The average molecular weight is 481 g/mol. The van der Waals surface area contributed by atoms with Crippen LogP contribution in [0.5, 0.6) is 0 Å². The van der Waals surface area contributed by atoms with Gasteiger partial charge in [-0.1, -0.05) is 30.3 Å². The van der Waals surface area contributed by atoms with E-state index in [4.69, 9.17) is 4.42 Å². The minimum Gasteiger partial charge on any atom is -0.467 e. The van der Waals surface area contributed by atoms with Crippen LogP contribution in [0.15, 0.2) is 76.4 Å². The van der Waals surface area contributed by atoms with Crippen molar-refractivity contribution in [3.8, 4) is 0 Å². The third-order valence-corrected chi connectivity index (χ3v) is 6.97. The summed E-state index contributed by atoms with van der Waals surface area (Å²) in [5.74, 6) is -0.797. The van der Waals surface area contributed by atoms with Crippen LogP contribution >= 0.6 is 0 Å². The Hall–Kier alpha value is -3.92. The highest BCUT2D eigenvalue weighted by atomic mass is 32.2. The van der Waals surface area contributed by atoms with Crippen molar-refractivity contribution in [3.05, 3.63) is 78.5 Å². The number of aryl methyl sites for hydroxylation is 1. The smallest absolute Gasteiger partial charge is 0.274 e. The maximum atomic E-state index is 12.8. The summed E-state index contributed by atoms with van der Waals surface area (Å²) in [4.78, 5) is 25.3. The van der Waals surface area contributed by atoms with Crippen molar-refractivity contribution in [2.24, 2.45) is 0 Å². The van der Waals surface area contributed by atoms with Crippen molar-refractivity contribution in [1.82, 2.24) is 15.1 Å². The van der Waals surface area contributed by atoms with Crippen molar-refractivity contribution in [1.29, 1.82) is 0 Å². The second-order valence-electron chi connectivity index (χ2n) is 7.64. The molecule has 0 aliphatic rings. The zero-order chi connectivity index (χ0) is 24.1. The Labute approximate surface area is 196 Å². The molecule has 0 spiro atoms. The number of carbonyl (C=O) groups excluding carboxylic acids is 2. The first kappa shape index (κ1) is 23.2. The van der Waals surface area contributed by atoms with E-state index >= 15 is 0 Å². The molecule has 0 aliphatic heterocycles. The molecular formula is C24H24N4O5S. The van der Waals surface area contributed by atoms with Gasteiger partial charge in [-0.05, 0) is 42.0 Å². The number of furan rings is 1. The Balaban J connectivity index is 1.41. The SMILES string of the molecule is CCn1cc(NC(=O)CCS(=O)(=O)c2ccc3ccccc3c2)c(C(=O)NCc2ccco2)n1. The standard InChI is InChI=1S/C24H24N4O5S/c1-2-28-16-21(23(27-28)24(30)25-15-19-8-5-12-33-19)26-22(29)11-13-34(31,32)20-10-9-17-6-3-4-7-18(17)14-20/h3-10,12,14,16H,2,11,13,15H2,1H3,(H,25,30)(H,26,29). The van der Waals surface area contributed by atoms with Gasteiger partial charge in [-0.2, -0.15) is 5.10 Å². The summed E-state index contributed by atoms with van der Waals surface area (Å²) < 4.78 is 32.3. The van der Waals surface area contributed by atoms with Gasteiger partial charge in [0.1, 0.15) is 5.76 Å². The van der Waals surface area contributed by atoms with E-state index in [1.165, 1.54) is 17.1 Å². The van der Waals surface area contributed by atoms with E-state index < -0.39 is 21.7 Å². The van der Waals surface area contributed by atoms with E-state index in [0.717, 1.165) is 10.8 Å². The first-order valence-electron chi connectivity index (χ1n) is 10.7. The van der Waals surface area contributed by atoms with Gasteiger partial charge >= 0.3 is 0 Å². The lowest BCUT2D eigenvalue weighted by atomic mass is 10.1. The molecule has 10 heteroatoms. The summed E-state index contributed by atoms with van der Waals surface area (Å²) in [5.41, 5.74) is 0.256. The van der Waals surface area contributed by atoms with E-state index in [1.807, 2.05) is 31.2 Å². The molecule has 0 atom stereocenters. The van der Waals surface area contributed by atoms with Crippen LogP contribution < -0.4 is 10.6 Å². The summed E-state index contributed by atoms with van der Waals surface area (Å²) in [6, 6.07) is 15.8. The molecule has 176 valence electrons. The molecule has 0 fully saturated rings. The molecule has 0 unspecified atom stereocenters. The largest absolute Gasteiger partial charge is 0.467 e. The van der Waals surface area contributed by atoms with Gasteiger partial charge in [-0.15, -0.1) is 0 Å². The number of fused-ring (bicyclic) bond motifs is 1. The lowest BCUT2D eigenvalue weighted by molar-refractivity contribution is -0.115. The fraction of sp³-hybridized carbons (Fsp3) is 0.208. The quantitative estimate of drug-likeness (QED) is 0.379. The normalized spacial score (nSPS) is 11.4. The molecule has 0 aliphatic carbocycles. The number of carbonyl (C=O) groups is 2. The number of anilines is 1. The number of hydrogen-bond acceptors (Lipinski definition) is 6. The molecule has 2 amide bonds. The van der Waals surface area contributed by atoms with Crippen molar-refractivity contribution >= 4 is 38.1 Å². The number of rotatable bonds is 9. The first-order chi connectivity index (χ1) is 16.4. The molecular weight excluding hydrogens is 456 g/mol. The number of amides is 2. The predicted octanol–water partition coefficient (Wildman–Crippen LogP) is 3.38. The maximum Gasteiger partial charge on any atom is 0.274 e. The van der Waals surface area contributed by atoms with Gasteiger partial charge in [-0.3, -0.25) is 14.3 Å². The van der Waals surface area contributed by atoms with Crippen LogP contribution in [0, 0.1) is 0 Å². The molecule has 4 rings (SSSR count). The molecule has 9 nitrogen and oxygen atoms in total. The van der Waals surface area contributed by atoms with E-state index in [-0.39, 0.29) is 35.0 Å². The average Bonchev–Trinajstić information content (AvgIpc) is 3.51. The fourth-order valence-corrected chi connectivity index (χ4v) is 4.70. The molecule has 0 saturated heterocycles. The summed E-state index contributed by atoms with van der Waals surface area (Å²) in [5, 5.41) is 11.3. The second kappa shape index (κ2) is 9.92. The van der Waals surface area contributed by atoms with Crippen LogP contribution in [0.1, 0.15) is 29.6 Å². The second-order valence-corrected chi connectivity index (χ2v) is 9.74. The first-order valence-corrected chi connectivity index (χ1v) is 12.4. The van der Waals surface area contributed by atoms with E-state index in [2.05, 4.69) is 15.7 Å². The minimum atomic E-state index is -3.67. The van der Waals surface area contributed by atoms with Crippen LogP contribution in [0.25, 0.3) is 10.8 Å². The zero-order valence-electron chi connectivity index (χ0n) is 18.5. The number of nitrogens with one attached hydrogen (secondary N) is 2. The lowest BCUT2D eigenvalue weighted by Gasteiger charge is -2.08. The fourth-order valence-electron chi connectivity index (χ4n) is 3.43. The molecule has 0 radical (unpaired) electrons. The molecule has 0 bridgehead atoms. The third kappa shape index (κ3) is 5.34. The molecule has 4 aromatic rings. The van der Waals surface area contributed by atoms with Crippen molar-refractivity contribution in [2.75, 3.05) is 11.1 Å². The van der Waals surface area contributed by atoms with Gasteiger partial charge in [0.25, 0.3) is 5.91 Å². The molecule has 34 heavy (non-hydrogen) atoms. The maximum absolute atomic E-state index is 12.8. The topological polar surface area (TPSA) is 123 Å². The van der Waals surface area contributed by atoms with E-state index in [1.54, 1.807) is 30.3 Å². The summed E-state index contributed by atoms with van der Waals surface area (Å²) in [6.07, 6.45) is 2.78. The summed E-state index contributed by atoms with van der Waals surface area (Å²) in [6.45, 7) is 2.51. The van der Waals surface area contributed by atoms with Gasteiger partial charge in [0.2, 0.25) is 5.91 Å². The van der Waals surface area contributed by atoms with Crippen LogP contribution in [-0.4, -0.2) is 35.8 Å². The van der Waals surface area contributed by atoms with Crippen molar-refractivity contribution in [3.63, 3.8) is 0 Å². The zero-order valence-corrected chi connectivity index (χ0v) is 19.3. The van der Waals surface area contributed by atoms with Gasteiger partial charge in [0, 0.05) is 19.2 Å². The monoisotopic (exact) mass is 480 g/mol. The Morgan fingerprint density at radius 1 is 1.06 bits per heavy atom. The number of benzene rings is 2. The Kier molecular flexibility index (Phi) is 6.78. The van der Waals surface area contributed by atoms with Gasteiger partial charge in [-0.25, -0.2) is 8.42 Å². The van der Waals surface area contributed by atoms with Crippen LogP contribution in [0.4, 0.5) is 5.69 Å². The number of sulfone groups is 1. The summed E-state index contributed by atoms with van der Waals surface area (Å²) in [7, 11) is -3.67. The molecule has 2 N–H and O–H groups in total. The molecule has 2 heterocycles. The molecule has 2 aromatic heterocycles. The van der Waals surface area contributed by atoms with Gasteiger partial charge in [0.05, 0.1) is 29.1 Å². The number of nitrogens with zero attached hydrogens (tertiary/aromatic N) is 2. The van der Waals surface area contributed by atoms with Crippen LogP contribution in [0.3, 0.4) is 0 Å². The van der Waals surface area contributed by atoms with Crippen LogP contribution in [0.2, 0.25) is 0 Å². The van der Waals surface area contributed by atoms with E-state index in [0.29, 0.717) is 12.3 Å². The molecule has 0 saturated carbocycles. The lowest BCUT2D eigenvalue weighted by Crippen LogP contribution is -2.25. The highest BCUT2D eigenvalue weighted by Gasteiger charge is 2.21. The van der Waals surface area contributed by atoms with Gasteiger partial charge < -0.3 is 15.1 Å². The Bertz CT molecular complexity index is 1420. The van der Waals surface area contributed by atoms with Gasteiger partial charge in [0.15, 0.2) is 15.5 Å². The number of aromatic nitrogens is 2. The summed E-state index contributed by atoms with van der Waals surface area (Å²) >= 11 is 0. The predicted molar refractivity (Wildman–Crippen MR) is 127 cm³/mol. The Morgan fingerprint density at radius 2 is 1.85 bits per heavy atom. The van der Waals surface area contributed by atoms with Crippen molar-refractivity contribution < 1.29 is 22.4 Å². The third-order valence-electron chi connectivity index (χ3n) is 5.26.